The average molecular weight is 1390 g/mol. The van der Waals surface area contributed by atoms with Crippen molar-refractivity contribution in [2.75, 3.05) is 47.0 Å². The summed E-state index contributed by atoms with van der Waals surface area (Å²) in [6.07, 6.45) is 0. The molecule has 0 saturated heterocycles. The van der Waals surface area contributed by atoms with Gasteiger partial charge in [-0.1, -0.05) is 223 Å². The van der Waals surface area contributed by atoms with Crippen molar-refractivity contribution in [2.24, 2.45) is 0 Å². The topological polar surface area (TPSA) is 341 Å². The van der Waals surface area contributed by atoms with Crippen molar-refractivity contribution in [3.05, 3.63) is 253 Å². The number of amides is 4. The van der Waals surface area contributed by atoms with E-state index in [0.29, 0.717) is 28.7 Å². The summed E-state index contributed by atoms with van der Waals surface area (Å²) in [5.74, 6) is -5.61. The number of fused-ring (bicyclic) bond motifs is 4. The van der Waals surface area contributed by atoms with Gasteiger partial charge in [0, 0.05) is 67.3 Å². The first-order valence-corrected chi connectivity index (χ1v) is 31.6. The Morgan fingerprint density at radius 3 is 1.13 bits per heavy atom. The zero-order valence-electron chi connectivity index (χ0n) is 58.2. The van der Waals surface area contributed by atoms with Gasteiger partial charge in [-0.25, -0.2) is 23.7 Å². The minimum Gasteiger partial charge on any atom is -0.870 e. The van der Waals surface area contributed by atoms with Gasteiger partial charge in [-0.15, -0.1) is 0 Å². The minimum atomic E-state index is -1.49. The number of carboxylic acids is 1. The van der Waals surface area contributed by atoms with Gasteiger partial charge in [0.2, 0.25) is 0 Å². The molecule has 4 amide bonds. The van der Waals surface area contributed by atoms with Crippen molar-refractivity contribution in [1.29, 1.82) is 0 Å². The van der Waals surface area contributed by atoms with Gasteiger partial charge in [0.15, 0.2) is 0 Å². The van der Waals surface area contributed by atoms with Crippen molar-refractivity contribution in [3.8, 4) is 11.4 Å². The van der Waals surface area contributed by atoms with Crippen LogP contribution < -0.4 is 51.6 Å². The summed E-state index contributed by atoms with van der Waals surface area (Å²) in [6.45, 7) is 16.6. The number of carbonyl (C=O) groups excluding carboxylic acids is 7. The van der Waals surface area contributed by atoms with Gasteiger partial charge in [0.05, 0.1) is 37.0 Å². The molecule has 0 spiro atoms. The number of rotatable bonds is 7. The molecule has 24 heteroatoms. The monoisotopic (exact) mass is 1390 g/mol. The van der Waals surface area contributed by atoms with Crippen molar-refractivity contribution >= 4 is 136 Å². The molecular formula is C78H78ClLiN10O12. The molecule has 0 saturated carbocycles. The molecule has 12 aromatic rings. The number of hydrogen-bond donors (Lipinski definition) is 7. The van der Waals surface area contributed by atoms with Crippen LogP contribution in [-0.2, 0) is 58.7 Å². The van der Waals surface area contributed by atoms with Gasteiger partial charge in [-0.3, -0.25) is 24.0 Å². The molecule has 2 heterocycles. The van der Waals surface area contributed by atoms with Crippen LogP contribution in [0.5, 0.6) is 0 Å². The molecule has 0 atom stereocenters. The van der Waals surface area contributed by atoms with Crippen LogP contribution in [0.3, 0.4) is 0 Å². The number of aryl methyl sites for hydroxylation is 2. The van der Waals surface area contributed by atoms with Crippen molar-refractivity contribution < 1.29 is 77.3 Å². The number of methoxy groups -OCH3 is 2. The molecule has 0 bridgehead atoms. The number of esters is 2. The molecular weight excluding hydrogens is 1310 g/mol. The first-order valence-electron chi connectivity index (χ1n) is 31.2. The molecule has 0 unspecified atom stereocenters. The number of nitrogens with zero attached hydrogens (tertiary/aromatic N) is 4. The number of hydrogen-bond acceptors (Lipinski definition) is 15. The van der Waals surface area contributed by atoms with E-state index in [1.165, 1.54) is 18.1 Å². The zero-order chi connectivity index (χ0) is 72.8. The number of carboxylic acid groups (broad SMARTS) is 1. The van der Waals surface area contributed by atoms with E-state index >= 15 is 0 Å². The Balaban J connectivity index is 0.000000233. The maximum absolute atomic E-state index is 12.8. The Morgan fingerprint density at radius 2 is 0.755 bits per heavy atom. The number of halogens is 1. The number of benzene rings is 10. The summed E-state index contributed by atoms with van der Waals surface area (Å²) in [5.41, 5.74) is 20.1. The van der Waals surface area contributed by atoms with Crippen molar-refractivity contribution in [3.63, 3.8) is 0 Å². The molecule has 0 aliphatic rings. The van der Waals surface area contributed by atoms with Crippen LogP contribution in [0.1, 0.15) is 64.1 Å². The first-order chi connectivity index (χ1) is 47.6. The molecule has 10 N–H and O–H groups in total. The Kier molecular flexibility index (Phi) is 29.5. The number of nitrogen functional groups attached to an aromatic ring is 2. The second kappa shape index (κ2) is 37.3. The molecule has 0 aliphatic carbocycles. The molecule has 2 aromatic heterocycles. The fourth-order valence-corrected chi connectivity index (χ4v) is 9.58. The number of ether oxygens (including phenoxy) is 2. The molecule has 22 nitrogen and oxygen atoms in total. The van der Waals surface area contributed by atoms with Gasteiger partial charge in [-0.2, -0.15) is 10.2 Å². The standard InChI is InChI=1S/C26H26N4O2.C14H19N3.C13H11NO3.C12H9NO3.C10H9N.C3H3ClO3.Li.H2O/c1-17-12-14-19(15-13-17)30-23(16-22(29-30)26(2,3)4)28-25(32)24(31)27-21-11-7-9-18-8-5-6-10-20(18)21;1-10-5-7-11(8-6-10)17-13(15)9-12(16-17)14(2,3)4;1-17-13(16)12(15)14-11-8-4-6-9-5-2-3-7-10(9)11;14-11(12(15)16)13-10-7-3-5-8-4-1-2-6-9(8)10;11-10-7-3-5-8-4-1-2-6-9(8)10;1-7-3(6)2(4)5;;/h5-16H,1-4H3,(H,27,31)(H,28,32);5-9H,15H2,1-4H3;2-8H,1H3,(H,14,15);1-7H,(H,13,14)(H,15,16);1-7H,11H2;1H3;;1H2/q;;;;;;+1;/p-1. The van der Waals surface area contributed by atoms with Crippen LogP contribution in [-0.4, -0.2) is 91.1 Å². The maximum Gasteiger partial charge on any atom is 1.00 e. The Bertz CT molecular complexity index is 4910. The van der Waals surface area contributed by atoms with Gasteiger partial charge in [-0.05, 0) is 95.5 Å². The Morgan fingerprint density at radius 1 is 0.422 bits per heavy atom. The van der Waals surface area contributed by atoms with Gasteiger partial charge in [0.25, 0.3) is 0 Å². The summed E-state index contributed by atoms with van der Waals surface area (Å²) >= 11 is 4.61. The smallest absolute Gasteiger partial charge is 0.870 e. The predicted molar refractivity (Wildman–Crippen MR) is 398 cm³/mol. The van der Waals surface area contributed by atoms with E-state index in [0.717, 1.165) is 78.8 Å². The third-order valence-corrected chi connectivity index (χ3v) is 15.0. The third kappa shape index (κ3) is 22.5. The zero-order valence-corrected chi connectivity index (χ0v) is 59.0. The second-order valence-electron chi connectivity index (χ2n) is 24.4. The van der Waals surface area contributed by atoms with E-state index in [-0.39, 0.29) is 35.2 Å². The summed E-state index contributed by atoms with van der Waals surface area (Å²) in [5, 5.41) is 34.8. The van der Waals surface area contributed by atoms with Gasteiger partial charge in [0.1, 0.15) is 11.6 Å². The largest absolute Gasteiger partial charge is 1.00 e. The average Bonchev–Trinajstić information content (AvgIpc) is 1.59. The molecule has 10 aromatic carbocycles. The van der Waals surface area contributed by atoms with E-state index in [9.17, 15) is 38.4 Å². The van der Waals surface area contributed by atoms with Crippen LogP contribution in [0, 0.1) is 13.8 Å². The normalized spacial score (nSPS) is 10.4. The van der Waals surface area contributed by atoms with E-state index in [1.54, 1.807) is 33.6 Å². The van der Waals surface area contributed by atoms with Crippen LogP contribution >= 0.6 is 11.6 Å². The SMILES string of the molecule is COC(=O)C(=O)Cl.COC(=O)C(=O)Nc1cccc2ccccc12.Cc1ccc(-n2nc(C(C)(C)C)cc2N)cc1.Cc1ccc(-n2nc(C(C)(C)C)cc2NC(=O)C(=O)Nc2cccc3ccccc23)cc1.Nc1cccc2ccccc12.O=C(O)C(=O)Nc1cccc2ccccc12.[Li+].[OH-]. The second-order valence-corrected chi connectivity index (χ2v) is 24.7. The fourth-order valence-electron chi connectivity index (χ4n) is 9.50. The van der Waals surface area contributed by atoms with Crippen LogP contribution in [0.4, 0.5) is 34.4 Å². The van der Waals surface area contributed by atoms with Crippen LogP contribution in [0.2, 0.25) is 0 Å². The number of carbonyl (C=O) groups is 8. The summed E-state index contributed by atoms with van der Waals surface area (Å²) in [4.78, 5) is 88.9. The van der Waals surface area contributed by atoms with Crippen molar-refractivity contribution in [1.82, 2.24) is 19.6 Å². The Hall–Kier alpha value is -11.9. The molecule has 0 aliphatic heterocycles. The molecule has 0 fully saturated rings. The van der Waals surface area contributed by atoms with E-state index in [1.807, 2.05) is 210 Å². The molecule has 520 valence electrons. The number of nitrogens with two attached hydrogens (primary N) is 2. The third-order valence-electron chi connectivity index (χ3n) is 14.8. The van der Waals surface area contributed by atoms with E-state index in [2.05, 4.69) is 104 Å². The number of aromatic nitrogens is 4. The van der Waals surface area contributed by atoms with Gasteiger partial charge >= 0.3 is 65.6 Å². The Labute approximate surface area is 606 Å². The first kappa shape index (κ1) is 80.7. The quantitative estimate of drug-likeness (QED) is 0.0256. The van der Waals surface area contributed by atoms with Crippen LogP contribution in [0.25, 0.3) is 54.5 Å². The molecule has 12 rings (SSSR count). The minimum absolute atomic E-state index is 0. The van der Waals surface area contributed by atoms with Crippen LogP contribution in [0.15, 0.2) is 231 Å². The number of nitrogens with one attached hydrogen (secondary N) is 4. The van der Waals surface area contributed by atoms with Gasteiger partial charge < -0.3 is 52.8 Å². The molecule has 0 radical (unpaired) electrons. The summed E-state index contributed by atoms with van der Waals surface area (Å²) in [6, 6.07) is 72.9. The maximum atomic E-state index is 12.8. The predicted octanol–water partition coefficient (Wildman–Crippen LogP) is 11.3. The fraction of sp³-hybridized carbons (Fsp3) is 0.154. The summed E-state index contributed by atoms with van der Waals surface area (Å²) < 4.78 is 11.7. The molecule has 102 heavy (non-hydrogen) atoms. The van der Waals surface area contributed by atoms with E-state index in [4.69, 9.17) is 16.6 Å². The number of anilines is 6. The number of aliphatic carboxylic acids is 1. The summed E-state index contributed by atoms with van der Waals surface area (Å²) in [7, 11) is 2.26. The van der Waals surface area contributed by atoms with E-state index < -0.39 is 46.8 Å². The van der Waals surface area contributed by atoms with Crippen molar-refractivity contribution in [2.45, 2.75) is 66.2 Å².